The lowest BCUT2D eigenvalue weighted by atomic mass is 10.1. The zero-order valence-corrected chi connectivity index (χ0v) is 17.4. The van der Waals surface area contributed by atoms with Gasteiger partial charge >= 0.3 is 0 Å². The van der Waals surface area contributed by atoms with Gasteiger partial charge in [0.25, 0.3) is 0 Å². The van der Waals surface area contributed by atoms with Crippen molar-refractivity contribution in [3.8, 4) is 0 Å². The molecule has 2 unspecified atom stereocenters. The minimum absolute atomic E-state index is 0. The van der Waals surface area contributed by atoms with Crippen LogP contribution in [0.3, 0.4) is 0 Å². The first kappa shape index (κ1) is 21.4. The third-order valence-corrected chi connectivity index (χ3v) is 3.87. The van der Waals surface area contributed by atoms with Crippen molar-refractivity contribution >= 4 is 29.9 Å². The fourth-order valence-corrected chi connectivity index (χ4v) is 2.51. The molecule has 0 fully saturated rings. The molecule has 2 aromatic rings. The second-order valence-corrected chi connectivity index (χ2v) is 5.63. The predicted octanol–water partition coefficient (Wildman–Crippen LogP) is 4.31. The smallest absolute Gasteiger partial charge is 0.191 e. The number of hydrogen-bond acceptors (Lipinski definition) is 2. The maximum atomic E-state index is 5.59. The van der Waals surface area contributed by atoms with Gasteiger partial charge in [0.05, 0.1) is 12.6 Å². The Kier molecular flexibility index (Phi) is 10.2. The van der Waals surface area contributed by atoms with Crippen LogP contribution in [0, 0.1) is 0 Å². The summed E-state index contributed by atoms with van der Waals surface area (Å²) < 4.78 is 5.59. The van der Waals surface area contributed by atoms with Gasteiger partial charge in [-0.15, -0.1) is 24.0 Å². The van der Waals surface area contributed by atoms with Crippen molar-refractivity contribution < 1.29 is 4.74 Å². The summed E-state index contributed by atoms with van der Waals surface area (Å²) in [6.45, 7) is 5.58. The molecule has 0 aliphatic heterocycles. The number of methoxy groups -OCH3 is 1. The number of aliphatic imine (C=N–C) groups is 1. The molecule has 2 aromatic carbocycles. The minimum Gasteiger partial charge on any atom is -0.375 e. The van der Waals surface area contributed by atoms with E-state index in [4.69, 9.17) is 9.73 Å². The first-order valence-corrected chi connectivity index (χ1v) is 8.42. The van der Waals surface area contributed by atoms with E-state index in [0.29, 0.717) is 6.54 Å². The van der Waals surface area contributed by atoms with Crippen LogP contribution in [0.15, 0.2) is 65.7 Å². The van der Waals surface area contributed by atoms with Gasteiger partial charge in [0.1, 0.15) is 6.10 Å². The van der Waals surface area contributed by atoms with E-state index in [2.05, 4.69) is 48.7 Å². The first-order chi connectivity index (χ1) is 11.7. The molecule has 0 bridgehead atoms. The van der Waals surface area contributed by atoms with Gasteiger partial charge in [0.2, 0.25) is 0 Å². The highest BCUT2D eigenvalue weighted by Crippen LogP contribution is 2.16. The van der Waals surface area contributed by atoms with Crippen molar-refractivity contribution in [1.82, 2.24) is 10.6 Å². The summed E-state index contributed by atoms with van der Waals surface area (Å²) >= 11 is 0. The van der Waals surface area contributed by atoms with Crippen molar-refractivity contribution in [2.24, 2.45) is 4.99 Å². The van der Waals surface area contributed by atoms with Crippen molar-refractivity contribution in [3.05, 3.63) is 71.8 Å². The Hall–Kier alpha value is -1.60. The molecule has 136 valence electrons. The molecule has 0 radical (unpaired) electrons. The number of nitrogens with zero attached hydrogens (tertiary/aromatic N) is 1. The van der Waals surface area contributed by atoms with E-state index in [1.807, 2.05) is 36.4 Å². The molecule has 25 heavy (non-hydrogen) atoms. The third kappa shape index (κ3) is 7.04. The van der Waals surface area contributed by atoms with E-state index in [9.17, 15) is 0 Å². The lowest BCUT2D eigenvalue weighted by Crippen LogP contribution is -2.39. The van der Waals surface area contributed by atoms with Crippen LogP contribution in [0.25, 0.3) is 0 Å². The Labute approximate surface area is 168 Å². The van der Waals surface area contributed by atoms with Gasteiger partial charge < -0.3 is 15.4 Å². The number of benzene rings is 2. The molecule has 2 atom stereocenters. The summed E-state index contributed by atoms with van der Waals surface area (Å²) in [5, 5.41) is 6.75. The van der Waals surface area contributed by atoms with Gasteiger partial charge in [-0.05, 0) is 25.0 Å². The number of hydrogen-bond donors (Lipinski definition) is 2. The van der Waals surface area contributed by atoms with Crippen LogP contribution in [0.1, 0.15) is 37.1 Å². The summed E-state index contributed by atoms with van der Waals surface area (Å²) in [6, 6.07) is 20.7. The third-order valence-electron chi connectivity index (χ3n) is 3.87. The summed E-state index contributed by atoms with van der Waals surface area (Å²) in [5.74, 6) is 0.798. The molecule has 2 rings (SSSR count). The average Bonchev–Trinajstić information content (AvgIpc) is 2.64. The van der Waals surface area contributed by atoms with Crippen LogP contribution in [0.2, 0.25) is 0 Å². The van der Waals surface area contributed by atoms with Crippen LogP contribution < -0.4 is 10.6 Å². The SMILES string of the molecule is CCNC(=NCC(OC)c1ccccc1)NC(C)c1ccccc1.I. The number of guanidine groups is 1. The van der Waals surface area contributed by atoms with Crippen LogP contribution >= 0.6 is 24.0 Å². The minimum atomic E-state index is -0.0475. The highest BCUT2D eigenvalue weighted by Gasteiger charge is 2.11. The molecule has 0 amide bonds. The molecule has 5 heteroatoms. The molecule has 0 spiro atoms. The van der Waals surface area contributed by atoms with Gasteiger partial charge in [-0.2, -0.15) is 0 Å². The topological polar surface area (TPSA) is 45.7 Å². The van der Waals surface area contributed by atoms with Crippen molar-refractivity contribution in [2.45, 2.75) is 26.0 Å². The Balaban J connectivity index is 0.00000312. The maximum Gasteiger partial charge on any atom is 0.191 e. The molecule has 0 saturated heterocycles. The van der Waals surface area contributed by atoms with E-state index in [0.717, 1.165) is 18.1 Å². The quantitative estimate of drug-likeness (QED) is 0.373. The number of ether oxygens (including phenoxy) is 1. The van der Waals surface area contributed by atoms with Gasteiger partial charge in [0.15, 0.2) is 5.96 Å². The van der Waals surface area contributed by atoms with Crippen LogP contribution in [-0.2, 0) is 4.74 Å². The zero-order chi connectivity index (χ0) is 17.2. The van der Waals surface area contributed by atoms with E-state index in [-0.39, 0.29) is 36.1 Å². The predicted molar refractivity (Wildman–Crippen MR) is 116 cm³/mol. The second-order valence-electron chi connectivity index (χ2n) is 5.63. The van der Waals surface area contributed by atoms with Crippen LogP contribution in [0.5, 0.6) is 0 Å². The molecular weight excluding hydrogens is 425 g/mol. The van der Waals surface area contributed by atoms with E-state index in [1.165, 1.54) is 5.56 Å². The summed E-state index contributed by atoms with van der Waals surface area (Å²) in [5.41, 5.74) is 2.37. The van der Waals surface area contributed by atoms with Gasteiger partial charge in [-0.25, -0.2) is 0 Å². The molecular formula is C20H28IN3O. The lowest BCUT2D eigenvalue weighted by Gasteiger charge is -2.19. The summed E-state index contributed by atoms with van der Waals surface area (Å²) in [6.07, 6.45) is -0.0475. The van der Waals surface area contributed by atoms with Gasteiger partial charge in [0, 0.05) is 13.7 Å². The molecule has 2 N–H and O–H groups in total. The number of halogens is 1. The zero-order valence-electron chi connectivity index (χ0n) is 15.1. The van der Waals surface area contributed by atoms with E-state index >= 15 is 0 Å². The Morgan fingerprint density at radius 2 is 1.56 bits per heavy atom. The highest BCUT2D eigenvalue weighted by atomic mass is 127. The van der Waals surface area contributed by atoms with E-state index < -0.39 is 0 Å². The fourth-order valence-electron chi connectivity index (χ4n) is 2.51. The average molecular weight is 453 g/mol. The van der Waals surface area contributed by atoms with Crippen molar-refractivity contribution in [1.29, 1.82) is 0 Å². The molecule has 0 aliphatic rings. The lowest BCUT2D eigenvalue weighted by molar-refractivity contribution is 0.111. The second kappa shape index (κ2) is 11.9. The normalized spacial score (nSPS) is 13.5. The van der Waals surface area contributed by atoms with Crippen molar-refractivity contribution in [3.63, 3.8) is 0 Å². The summed E-state index contributed by atoms with van der Waals surface area (Å²) in [4.78, 5) is 4.70. The fraction of sp³-hybridized carbons (Fsp3) is 0.350. The molecule has 0 aliphatic carbocycles. The van der Waals surface area contributed by atoms with E-state index in [1.54, 1.807) is 7.11 Å². The molecule has 4 nitrogen and oxygen atoms in total. The Bertz CT molecular complexity index is 619. The summed E-state index contributed by atoms with van der Waals surface area (Å²) in [7, 11) is 1.72. The van der Waals surface area contributed by atoms with Gasteiger partial charge in [-0.3, -0.25) is 4.99 Å². The highest BCUT2D eigenvalue weighted by molar-refractivity contribution is 14.0. The standard InChI is InChI=1S/C20H27N3O.HI/c1-4-21-20(23-16(2)17-11-7-5-8-12-17)22-15-19(24-3)18-13-9-6-10-14-18;/h5-14,16,19H,4,15H2,1-3H3,(H2,21,22,23);1H. The molecule has 0 heterocycles. The molecule has 0 saturated carbocycles. The van der Waals surface area contributed by atoms with Crippen molar-refractivity contribution in [2.75, 3.05) is 20.2 Å². The Morgan fingerprint density at radius 1 is 1.00 bits per heavy atom. The van der Waals surface area contributed by atoms with Crippen LogP contribution in [0.4, 0.5) is 0 Å². The monoisotopic (exact) mass is 453 g/mol. The van der Waals surface area contributed by atoms with Crippen LogP contribution in [-0.4, -0.2) is 26.2 Å². The number of rotatable bonds is 7. The number of nitrogens with one attached hydrogen (secondary N) is 2. The van der Waals surface area contributed by atoms with Gasteiger partial charge in [-0.1, -0.05) is 60.7 Å². The maximum absolute atomic E-state index is 5.59. The largest absolute Gasteiger partial charge is 0.375 e. The Morgan fingerprint density at radius 3 is 2.08 bits per heavy atom. The first-order valence-electron chi connectivity index (χ1n) is 8.42. The molecule has 0 aromatic heterocycles.